The van der Waals surface area contributed by atoms with E-state index >= 15 is 0 Å². The fourth-order valence-electron chi connectivity index (χ4n) is 2.97. The summed E-state index contributed by atoms with van der Waals surface area (Å²) in [5.74, 6) is 0. The summed E-state index contributed by atoms with van der Waals surface area (Å²) in [7, 11) is 0. The monoisotopic (exact) mass is 458 g/mol. The van der Waals surface area contributed by atoms with Crippen molar-refractivity contribution in [2.24, 2.45) is 0 Å². The van der Waals surface area contributed by atoms with Gasteiger partial charge in [-0.15, -0.1) is 10.1 Å². The zero-order chi connectivity index (χ0) is 20.2. The van der Waals surface area contributed by atoms with Gasteiger partial charge in [0.2, 0.25) is 0 Å². The molecule has 0 radical (unpaired) electrons. The smallest absolute Gasteiger partial charge is 0.294 e. The largest absolute Gasteiger partial charge is 0.634 e. The van der Waals surface area contributed by atoms with Crippen molar-refractivity contribution in [3.05, 3.63) is 25.7 Å². The minimum atomic E-state index is -0.791. The number of hydrogen-bond acceptors (Lipinski definition) is 7. The Kier molecular flexibility index (Phi) is 12.3. The van der Waals surface area contributed by atoms with Crippen LogP contribution in [0, 0.1) is 25.7 Å². The summed E-state index contributed by atoms with van der Waals surface area (Å²) in [5, 5.41) is 50.6. The molecular weight excluding hydrogens is 428 g/mol. The van der Waals surface area contributed by atoms with Crippen molar-refractivity contribution in [3.8, 4) is 0 Å². The minimum absolute atomic E-state index is 0.174. The highest BCUT2D eigenvalue weighted by atomic mass is 79.9. The molecule has 0 aromatic rings. The maximum Gasteiger partial charge on any atom is 0.294 e. The Bertz CT molecular complexity index is 360. The molecule has 0 spiro atoms. The lowest BCUT2D eigenvalue weighted by atomic mass is 10.1. The molecule has 12 heteroatoms. The molecule has 4 N–H and O–H groups in total. The average molecular weight is 459 g/mol. The third-order valence-corrected chi connectivity index (χ3v) is 5.63. The lowest BCUT2D eigenvalue weighted by Crippen LogP contribution is -3.08. The topological polar surface area (TPSA) is 155 Å². The van der Waals surface area contributed by atoms with Crippen LogP contribution in [0.1, 0.15) is 38.5 Å². The Labute approximate surface area is 167 Å². The molecule has 160 valence electrons. The highest BCUT2D eigenvalue weighted by molar-refractivity contribution is 9.09. The van der Waals surface area contributed by atoms with Gasteiger partial charge in [-0.3, -0.25) is 0 Å². The molecule has 27 heavy (non-hydrogen) atoms. The SMILES string of the molecule is O=[N+]([O-])OC1CC[NH+]([O-])CC1.[O-][NH+]1CCC(Br)CC1.[O-][NH+]1CCC(O)CC1. The van der Waals surface area contributed by atoms with Crippen LogP contribution in [0.3, 0.4) is 0 Å². The Morgan fingerprint density at radius 2 is 1.19 bits per heavy atom. The van der Waals surface area contributed by atoms with Gasteiger partial charge in [-0.2, -0.15) is 0 Å². The molecule has 0 saturated carbocycles. The van der Waals surface area contributed by atoms with Crippen molar-refractivity contribution in [2.75, 3.05) is 39.3 Å². The van der Waals surface area contributed by atoms with Gasteiger partial charge < -0.3 is 40.8 Å². The highest BCUT2D eigenvalue weighted by Gasteiger charge is 2.20. The number of nitrogens with zero attached hydrogens (tertiary/aromatic N) is 1. The van der Waals surface area contributed by atoms with E-state index in [2.05, 4.69) is 20.8 Å². The first-order chi connectivity index (χ1) is 12.8. The molecule has 3 heterocycles. The van der Waals surface area contributed by atoms with Gasteiger partial charge in [0.05, 0.1) is 45.4 Å². The van der Waals surface area contributed by atoms with E-state index in [1.165, 1.54) is 0 Å². The van der Waals surface area contributed by atoms with Crippen molar-refractivity contribution in [1.82, 2.24) is 0 Å². The number of nitrogens with one attached hydrogen (secondary N) is 3. The van der Waals surface area contributed by atoms with Crippen molar-refractivity contribution >= 4 is 15.9 Å². The molecule has 0 aliphatic carbocycles. The number of rotatable bonds is 2. The number of hydroxylamine groups is 6. The molecule has 0 aromatic carbocycles. The van der Waals surface area contributed by atoms with Gasteiger partial charge in [0.25, 0.3) is 5.09 Å². The molecule has 0 unspecified atom stereocenters. The summed E-state index contributed by atoms with van der Waals surface area (Å²) in [4.78, 5) is 14.8. The fourth-order valence-corrected chi connectivity index (χ4v) is 3.43. The highest BCUT2D eigenvalue weighted by Crippen LogP contribution is 2.09. The van der Waals surface area contributed by atoms with Gasteiger partial charge in [-0.1, -0.05) is 15.9 Å². The predicted molar refractivity (Wildman–Crippen MR) is 100 cm³/mol. The first-order valence-electron chi connectivity index (χ1n) is 9.44. The third-order valence-electron chi connectivity index (χ3n) is 4.71. The number of hydrogen-bond donors (Lipinski definition) is 4. The Hall–Kier alpha value is -0.600. The number of alkyl halides is 1. The summed E-state index contributed by atoms with van der Waals surface area (Å²) < 4.78 is 0. The van der Waals surface area contributed by atoms with Gasteiger partial charge in [0.1, 0.15) is 6.10 Å². The maximum atomic E-state index is 10.7. The second kappa shape index (κ2) is 13.6. The number of aliphatic hydroxyl groups excluding tert-OH is 1. The summed E-state index contributed by atoms with van der Waals surface area (Å²) in [5.41, 5.74) is 0. The van der Waals surface area contributed by atoms with Crippen LogP contribution in [-0.4, -0.2) is 66.5 Å². The molecule has 3 rings (SSSR count). The second-order valence-electron chi connectivity index (χ2n) is 7.05. The van der Waals surface area contributed by atoms with Crippen molar-refractivity contribution < 1.29 is 30.2 Å². The van der Waals surface area contributed by atoms with Crippen LogP contribution in [-0.2, 0) is 4.84 Å². The molecule has 0 bridgehead atoms. The summed E-state index contributed by atoms with van der Waals surface area (Å²) >= 11 is 3.46. The van der Waals surface area contributed by atoms with Gasteiger partial charge in [-0.25, -0.2) is 0 Å². The standard InChI is InChI=1S/C5H10BrNO.C5H10N2O4.C5H11NO2/c6-5-1-3-7(8)4-2-5;8-6-3-1-5(2-4-6)11-7(9)10;7-5-1-3-6(8)4-2-5/h5,7H,1-4H2;5-6H,1-4H2;5-7H,1-4H2. The maximum absolute atomic E-state index is 10.7. The van der Waals surface area contributed by atoms with Gasteiger partial charge in [0, 0.05) is 43.4 Å². The van der Waals surface area contributed by atoms with E-state index in [1.54, 1.807) is 0 Å². The quantitative estimate of drug-likeness (QED) is 0.150. The predicted octanol–water partition coefficient (Wildman–Crippen LogP) is -2.81. The molecule has 0 aromatic heterocycles. The number of halogens is 1. The van der Waals surface area contributed by atoms with Crippen LogP contribution in [0.15, 0.2) is 0 Å². The third kappa shape index (κ3) is 12.5. The van der Waals surface area contributed by atoms with E-state index in [0.29, 0.717) is 66.8 Å². The van der Waals surface area contributed by atoms with E-state index in [9.17, 15) is 25.7 Å². The Morgan fingerprint density at radius 3 is 1.52 bits per heavy atom. The van der Waals surface area contributed by atoms with Crippen molar-refractivity contribution in [1.29, 1.82) is 0 Å². The van der Waals surface area contributed by atoms with Crippen LogP contribution in [0.4, 0.5) is 0 Å². The minimum Gasteiger partial charge on any atom is -0.634 e. The first kappa shape index (κ1) is 24.4. The molecule has 11 nitrogen and oxygen atoms in total. The van der Waals surface area contributed by atoms with Gasteiger partial charge >= 0.3 is 0 Å². The zero-order valence-electron chi connectivity index (χ0n) is 15.4. The summed E-state index contributed by atoms with van der Waals surface area (Å²) in [6.07, 6.45) is 3.85. The molecule has 3 aliphatic rings. The molecule has 0 amide bonds. The molecule has 3 saturated heterocycles. The summed E-state index contributed by atoms with van der Waals surface area (Å²) in [6.45, 7) is 3.57. The number of aliphatic hydroxyl groups is 1. The van der Waals surface area contributed by atoms with E-state index in [4.69, 9.17) is 5.11 Å². The van der Waals surface area contributed by atoms with Crippen LogP contribution in [0.2, 0.25) is 0 Å². The molecule has 3 fully saturated rings. The van der Waals surface area contributed by atoms with E-state index < -0.39 is 5.09 Å². The fraction of sp³-hybridized carbons (Fsp3) is 1.00. The average Bonchev–Trinajstić information content (AvgIpc) is 2.63. The van der Waals surface area contributed by atoms with Crippen LogP contribution < -0.4 is 15.2 Å². The van der Waals surface area contributed by atoms with Crippen LogP contribution in [0.5, 0.6) is 0 Å². The normalized spacial score (nSPS) is 36.3. The molecule has 3 aliphatic heterocycles. The van der Waals surface area contributed by atoms with Gasteiger partial charge in [-0.05, 0) is 0 Å². The lowest BCUT2D eigenvalue weighted by molar-refractivity contribution is -0.862. The van der Waals surface area contributed by atoms with E-state index in [0.717, 1.165) is 25.9 Å². The van der Waals surface area contributed by atoms with E-state index in [-0.39, 0.29) is 17.3 Å². The lowest BCUT2D eigenvalue weighted by Gasteiger charge is -2.29. The number of piperidine rings is 3. The van der Waals surface area contributed by atoms with Gasteiger partial charge in [0.15, 0.2) is 0 Å². The first-order valence-corrected chi connectivity index (χ1v) is 10.4. The number of quaternary nitrogens is 3. The van der Waals surface area contributed by atoms with Crippen molar-refractivity contribution in [2.45, 2.75) is 55.6 Å². The second-order valence-corrected chi connectivity index (χ2v) is 8.35. The van der Waals surface area contributed by atoms with Crippen LogP contribution in [0.25, 0.3) is 0 Å². The van der Waals surface area contributed by atoms with E-state index in [1.807, 2.05) is 0 Å². The van der Waals surface area contributed by atoms with Crippen LogP contribution >= 0.6 is 15.9 Å². The summed E-state index contributed by atoms with van der Waals surface area (Å²) in [6, 6.07) is 0. The Morgan fingerprint density at radius 1 is 0.815 bits per heavy atom. The molecular formula is C15H31BrN4O7. The zero-order valence-corrected chi connectivity index (χ0v) is 17.0. The van der Waals surface area contributed by atoms with Crippen molar-refractivity contribution in [3.63, 3.8) is 0 Å². The molecule has 0 atom stereocenters. The Balaban J connectivity index is 0.000000206.